The van der Waals surface area contributed by atoms with Crippen molar-refractivity contribution in [3.63, 3.8) is 0 Å². The molecule has 0 radical (unpaired) electrons. The van der Waals surface area contributed by atoms with Gasteiger partial charge in [0.1, 0.15) is 0 Å². The number of aromatic amines is 1. The van der Waals surface area contributed by atoms with E-state index in [1.807, 2.05) is 13.1 Å². The largest absolute Gasteiger partial charge is 0.417 e. The van der Waals surface area contributed by atoms with Gasteiger partial charge in [0.05, 0.1) is 16.9 Å². The second-order valence-corrected chi connectivity index (χ2v) is 5.25. The fraction of sp³-hybridized carbons (Fsp3) is 0.417. The predicted octanol–water partition coefficient (Wildman–Crippen LogP) is 1.89. The van der Waals surface area contributed by atoms with E-state index in [-0.39, 0.29) is 0 Å². The molecular weight excluding hydrogens is 250 g/mol. The van der Waals surface area contributed by atoms with Crippen LogP contribution in [0.5, 0.6) is 0 Å². The number of nitrogen functional groups attached to an aromatic ring is 1. The lowest BCUT2D eigenvalue weighted by atomic mass is 10.2. The van der Waals surface area contributed by atoms with E-state index in [0.29, 0.717) is 22.8 Å². The molecule has 0 aliphatic carbocycles. The van der Waals surface area contributed by atoms with Crippen molar-refractivity contribution in [3.8, 4) is 0 Å². The van der Waals surface area contributed by atoms with Crippen LogP contribution >= 0.6 is 11.8 Å². The van der Waals surface area contributed by atoms with Gasteiger partial charge >= 0.3 is 5.76 Å². The number of hydrogen-bond acceptors (Lipinski definition) is 5. The monoisotopic (exact) mass is 267 g/mol. The van der Waals surface area contributed by atoms with Crippen molar-refractivity contribution in [3.05, 3.63) is 22.7 Å². The molecule has 1 heterocycles. The molecule has 0 aliphatic heterocycles. The van der Waals surface area contributed by atoms with Gasteiger partial charge in [-0.25, -0.2) is 4.79 Å². The van der Waals surface area contributed by atoms with Crippen molar-refractivity contribution in [2.24, 2.45) is 0 Å². The van der Waals surface area contributed by atoms with Crippen LogP contribution in [0.2, 0.25) is 0 Å². The summed E-state index contributed by atoms with van der Waals surface area (Å²) < 4.78 is 4.98. The molecule has 98 valence electrons. The average molecular weight is 267 g/mol. The highest BCUT2D eigenvalue weighted by atomic mass is 32.2. The maximum Gasteiger partial charge on any atom is 0.417 e. The molecule has 6 heteroatoms. The number of thioether (sulfide) groups is 1. The topological polar surface area (TPSA) is 75.3 Å². The van der Waals surface area contributed by atoms with E-state index in [9.17, 15) is 4.79 Å². The van der Waals surface area contributed by atoms with Crippen LogP contribution in [0.15, 0.2) is 21.3 Å². The maximum atomic E-state index is 11.1. The summed E-state index contributed by atoms with van der Waals surface area (Å²) in [4.78, 5) is 15.9. The molecule has 1 aromatic heterocycles. The van der Waals surface area contributed by atoms with Gasteiger partial charge in [0.25, 0.3) is 0 Å². The van der Waals surface area contributed by atoms with Crippen molar-refractivity contribution < 1.29 is 4.42 Å². The number of rotatable bonds is 4. The molecule has 0 saturated heterocycles. The van der Waals surface area contributed by atoms with Crippen LogP contribution < -0.4 is 16.4 Å². The first-order valence-electron chi connectivity index (χ1n) is 5.67. The molecule has 0 aliphatic rings. The number of anilines is 2. The minimum Gasteiger partial charge on any atom is -0.408 e. The molecule has 0 spiro atoms. The minimum atomic E-state index is -0.457. The molecule has 3 N–H and O–H groups in total. The summed E-state index contributed by atoms with van der Waals surface area (Å²) in [5.41, 5.74) is 8.69. The van der Waals surface area contributed by atoms with E-state index in [0.717, 1.165) is 11.4 Å². The summed E-state index contributed by atoms with van der Waals surface area (Å²) >= 11 is 1.79. The molecule has 1 atom stereocenters. The average Bonchev–Trinajstić information content (AvgIpc) is 2.66. The number of fused-ring (bicyclic) bond motifs is 1. The second-order valence-electron chi connectivity index (χ2n) is 4.34. The number of nitrogens with zero attached hydrogens (tertiary/aromatic N) is 1. The van der Waals surface area contributed by atoms with Crippen LogP contribution in [-0.4, -0.2) is 30.1 Å². The van der Waals surface area contributed by atoms with Crippen LogP contribution in [0.4, 0.5) is 11.4 Å². The van der Waals surface area contributed by atoms with E-state index < -0.39 is 5.76 Å². The van der Waals surface area contributed by atoms with Gasteiger partial charge < -0.3 is 15.1 Å². The Balaban J connectivity index is 2.43. The second kappa shape index (κ2) is 4.97. The Hall–Kier alpha value is -1.56. The van der Waals surface area contributed by atoms with Crippen LogP contribution in [0, 0.1) is 0 Å². The van der Waals surface area contributed by atoms with E-state index in [1.165, 1.54) is 0 Å². The van der Waals surface area contributed by atoms with Crippen LogP contribution in [-0.2, 0) is 0 Å². The number of H-pyrrole nitrogens is 1. The van der Waals surface area contributed by atoms with Gasteiger partial charge in [0.15, 0.2) is 5.58 Å². The Kier molecular flexibility index (Phi) is 3.56. The van der Waals surface area contributed by atoms with Gasteiger partial charge in [-0.3, -0.25) is 4.98 Å². The first-order chi connectivity index (χ1) is 8.52. The van der Waals surface area contributed by atoms with Crippen molar-refractivity contribution in [1.82, 2.24) is 4.98 Å². The Labute approximate surface area is 109 Å². The fourth-order valence-electron chi connectivity index (χ4n) is 1.90. The third-order valence-corrected chi connectivity index (χ3v) is 3.83. The van der Waals surface area contributed by atoms with Gasteiger partial charge in [-0.15, -0.1) is 0 Å². The Morgan fingerprint density at radius 2 is 2.28 bits per heavy atom. The van der Waals surface area contributed by atoms with E-state index >= 15 is 0 Å². The smallest absolute Gasteiger partial charge is 0.408 e. The van der Waals surface area contributed by atoms with Gasteiger partial charge in [-0.05, 0) is 19.2 Å². The highest BCUT2D eigenvalue weighted by Gasteiger charge is 2.14. The fourth-order valence-corrected chi connectivity index (χ4v) is 2.60. The normalized spacial score (nSPS) is 12.8. The Bertz CT molecular complexity index is 605. The number of benzene rings is 1. The number of nitrogens with two attached hydrogens (primary N) is 1. The zero-order valence-corrected chi connectivity index (χ0v) is 11.5. The van der Waals surface area contributed by atoms with Crippen molar-refractivity contribution in [1.29, 1.82) is 0 Å². The summed E-state index contributed by atoms with van der Waals surface area (Å²) in [6, 6.07) is 3.90. The third-order valence-electron chi connectivity index (χ3n) is 3.02. The molecule has 18 heavy (non-hydrogen) atoms. The lowest BCUT2D eigenvalue weighted by Crippen LogP contribution is -2.31. The number of hydrogen-bond donors (Lipinski definition) is 2. The molecule has 1 unspecified atom stereocenters. The van der Waals surface area contributed by atoms with Crippen LogP contribution in [0.25, 0.3) is 11.1 Å². The number of aromatic nitrogens is 1. The predicted molar refractivity (Wildman–Crippen MR) is 77.5 cm³/mol. The summed E-state index contributed by atoms with van der Waals surface area (Å²) in [5.74, 6) is 0.553. The van der Waals surface area contributed by atoms with Gasteiger partial charge in [-0.2, -0.15) is 11.8 Å². The Morgan fingerprint density at radius 1 is 1.56 bits per heavy atom. The van der Waals surface area contributed by atoms with Gasteiger partial charge in [-0.1, -0.05) is 0 Å². The highest BCUT2D eigenvalue weighted by molar-refractivity contribution is 7.98. The quantitative estimate of drug-likeness (QED) is 0.827. The lowest BCUT2D eigenvalue weighted by molar-refractivity contribution is 0.555. The van der Waals surface area contributed by atoms with E-state index in [2.05, 4.69) is 23.1 Å². The Morgan fingerprint density at radius 3 is 2.94 bits per heavy atom. The van der Waals surface area contributed by atoms with Crippen LogP contribution in [0.3, 0.4) is 0 Å². The van der Waals surface area contributed by atoms with Gasteiger partial charge in [0.2, 0.25) is 0 Å². The first kappa shape index (κ1) is 12.9. The van der Waals surface area contributed by atoms with E-state index in [1.54, 1.807) is 17.8 Å². The summed E-state index contributed by atoms with van der Waals surface area (Å²) in [6.45, 7) is 2.14. The van der Waals surface area contributed by atoms with Gasteiger partial charge in [0, 0.05) is 24.9 Å². The molecular formula is C12H17N3O2S. The molecule has 1 aromatic carbocycles. The molecule has 0 amide bonds. The summed E-state index contributed by atoms with van der Waals surface area (Å²) in [5, 5.41) is 0. The standard InChI is InChI=1S/C12H17N3O2S/c1-7(6-18-3)15(2)10-5-9-11(4-8(10)13)17-12(16)14-9/h4-5,7H,6,13H2,1-3H3,(H,14,16). The van der Waals surface area contributed by atoms with Crippen molar-refractivity contribution >= 4 is 34.2 Å². The van der Waals surface area contributed by atoms with Crippen molar-refractivity contribution in [2.75, 3.05) is 29.7 Å². The molecule has 0 saturated carbocycles. The first-order valence-corrected chi connectivity index (χ1v) is 7.06. The highest BCUT2D eigenvalue weighted by Crippen LogP contribution is 2.28. The summed E-state index contributed by atoms with van der Waals surface area (Å²) in [7, 11) is 2.00. The lowest BCUT2D eigenvalue weighted by Gasteiger charge is -2.27. The number of oxazole rings is 1. The zero-order chi connectivity index (χ0) is 13.3. The number of nitrogens with one attached hydrogen (secondary N) is 1. The van der Waals surface area contributed by atoms with Crippen molar-refractivity contribution in [2.45, 2.75) is 13.0 Å². The molecule has 2 rings (SSSR count). The molecule has 2 aromatic rings. The zero-order valence-electron chi connectivity index (χ0n) is 10.7. The maximum absolute atomic E-state index is 11.1. The molecule has 5 nitrogen and oxygen atoms in total. The molecule has 0 bridgehead atoms. The van der Waals surface area contributed by atoms with E-state index in [4.69, 9.17) is 10.2 Å². The molecule has 0 fully saturated rings. The SMILES string of the molecule is CSCC(C)N(C)c1cc2[nH]c(=O)oc2cc1N. The van der Waals surface area contributed by atoms with Crippen LogP contribution in [0.1, 0.15) is 6.92 Å². The third kappa shape index (κ3) is 2.33. The summed E-state index contributed by atoms with van der Waals surface area (Å²) in [6.07, 6.45) is 2.07. The minimum absolute atomic E-state index is 0.360.